The third-order valence-electron chi connectivity index (χ3n) is 4.31. The number of urea groups is 1. The van der Waals surface area contributed by atoms with Crippen LogP contribution in [-0.2, 0) is 12.7 Å². The van der Waals surface area contributed by atoms with Gasteiger partial charge in [0.15, 0.2) is 0 Å². The molecule has 0 saturated heterocycles. The number of halogens is 4. The van der Waals surface area contributed by atoms with E-state index in [2.05, 4.69) is 15.7 Å². The summed E-state index contributed by atoms with van der Waals surface area (Å²) in [7, 11) is 0. The van der Waals surface area contributed by atoms with Crippen molar-refractivity contribution in [2.75, 3.05) is 10.6 Å². The minimum absolute atomic E-state index is 0.0198. The molecule has 152 valence electrons. The van der Waals surface area contributed by atoms with Gasteiger partial charge in [-0.25, -0.2) is 9.18 Å². The molecule has 2 amide bonds. The van der Waals surface area contributed by atoms with Gasteiger partial charge in [-0.3, -0.25) is 4.68 Å². The molecule has 0 bridgehead atoms. The fraction of sp³-hybridized carbons (Fsp3) is 0.200. The topological polar surface area (TPSA) is 59.0 Å². The maximum Gasteiger partial charge on any atom is 0.416 e. The van der Waals surface area contributed by atoms with Gasteiger partial charge in [0.25, 0.3) is 0 Å². The Morgan fingerprint density at radius 1 is 1.07 bits per heavy atom. The summed E-state index contributed by atoms with van der Waals surface area (Å²) in [5.41, 5.74) is 1.66. The average molecular weight is 406 g/mol. The second-order valence-electron chi connectivity index (χ2n) is 6.49. The van der Waals surface area contributed by atoms with Gasteiger partial charge >= 0.3 is 12.2 Å². The largest absolute Gasteiger partial charge is 0.416 e. The van der Waals surface area contributed by atoms with Crippen LogP contribution in [-0.4, -0.2) is 15.8 Å². The molecule has 9 heteroatoms. The number of anilines is 2. The number of rotatable bonds is 4. The van der Waals surface area contributed by atoms with Crippen LogP contribution in [0.5, 0.6) is 0 Å². The number of aryl methyl sites for hydroxylation is 1. The van der Waals surface area contributed by atoms with Crippen molar-refractivity contribution in [3.63, 3.8) is 0 Å². The number of alkyl halides is 3. The standard InChI is InChI=1S/C20H18F4N4O/c1-12-18(13(2)28(27-12)11-14-6-8-16(21)9-7-14)26-19(29)25-17-5-3-4-15(10-17)20(22,23)24/h3-10H,11H2,1-2H3,(H2,25,26,29). The highest BCUT2D eigenvalue weighted by atomic mass is 19.4. The molecule has 1 aromatic heterocycles. The Hall–Kier alpha value is -3.36. The van der Waals surface area contributed by atoms with Crippen molar-refractivity contribution in [3.8, 4) is 0 Å². The van der Waals surface area contributed by atoms with Crippen molar-refractivity contribution in [1.29, 1.82) is 0 Å². The molecule has 0 aliphatic rings. The zero-order valence-corrected chi connectivity index (χ0v) is 15.6. The van der Waals surface area contributed by atoms with E-state index in [4.69, 9.17) is 0 Å². The van der Waals surface area contributed by atoms with Crippen molar-refractivity contribution in [1.82, 2.24) is 9.78 Å². The first-order valence-corrected chi connectivity index (χ1v) is 8.67. The van der Waals surface area contributed by atoms with E-state index in [0.717, 1.165) is 17.7 Å². The van der Waals surface area contributed by atoms with Gasteiger partial charge in [0.1, 0.15) is 5.82 Å². The number of amides is 2. The molecule has 3 rings (SSSR count). The summed E-state index contributed by atoms with van der Waals surface area (Å²) in [5, 5.41) is 9.39. The highest BCUT2D eigenvalue weighted by molar-refractivity contribution is 6.00. The molecular formula is C20H18F4N4O. The SMILES string of the molecule is Cc1nn(Cc2ccc(F)cc2)c(C)c1NC(=O)Nc1cccc(C(F)(F)F)c1. The zero-order valence-electron chi connectivity index (χ0n) is 15.6. The maximum atomic E-state index is 13.0. The molecule has 3 aromatic rings. The lowest BCUT2D eigenvalue weighted by atomic mass is 10.2. The molecule has 0 spiro atoms. The van der Waals surface area contributed by atoms with Crippen LogP contribution in [0.4, 0.5) is 33.7 Å². The number of hydrogen-bond acceptors (Lipinski definition) is 2. The first-order valence-electron chi connectivity index (χ1n) is 8.67. The van der Waals surface area contributed by atoms with Gasteiger partial charge in [-0.15, -0.1) is 0 Å². The number of carbonyl (C=O) groups is 1. The highest BCUT2D eigenvalue weighted by Gasteiger charge is 2.30. The van der Waals surface area contributed by atoms with Gasteiger partial charge in [0.2, 0.25) is 0 Å². The van der Waals surface area contributed by atoms with Crippen molar-refractivity contribution in [2.45, 2.75) is 26.6 Å². The Morgan fingerprint density at radius 3 is 2.41 bits per heavy atom. The molecule has 1 heterocycles. The van der Waals surface area contributed by atoms with E-state index in [1.807, 2.05) is 0 Å². The quantitative estimate of drug-likeness (QED) is 0.574. The van der Waals surface area contributed by atoms with Gasteiger partial charge in [-0.1, -0.05) is 18.2 Å². The number of hydrogen-bond donors (Lipinski definition) is 2. The summed E-state index contributed by atoms with van der Waals surface area (Å²) in [4.78, 5) is 12.3. The Bertz CT molecular complexity index is 1030. The predicted octanol–water partition coefficient (Wildman–Crippen LogP) is 5.35. The predicted molar refractivity (Wildman–Crippen MR) is 101 cm³/mol. The average Bonchev–Trinajstić information content (AvgIpc) is 2.90. The number of aromatic nitrogens is 2. The van der Waals surface area contributed by atoms with Crippen molar-refractivity contribution in [3.05, 3.63) is 76.9 Å². The van der Waals surface area contributed by atoms with Crippen molar-refractivity contribution in [2.24, 2.45) is 0 Å². The van der Waals surface area contributed by atoms with Crippen LogP contribution in [0, 0.1) is 19.7 Å². The van der Waals surface area contributed by atoms with Crippen molar-refractivity contribution < 1.29 is 22.4 Å². The van der Waals surface area contributed by atoms with Crippen LogP contribution in [0.15, 0.2) is 48.5 Å². The monoisotopic (exact) mass is 406 g/mol. The third-order valence-corrected chi connectivity index (χ3v) is 4.31. The molecule has 0 aliphatic carbocycles. The number of carbonyl (C=O) groups excluding carboxylic acids is 1. The summed E-state index contributed by atoms with van der Waals surface area (Å²) < 4.78 is 53.1. The van der Waals surface area contributed by atoms with E-state index in [9.17, 15) is 22.4 Å². The molecule has 0 aliphatic heterocycles. The second-order valence-corrected chi connectivity index (χ2v) is 6.49. The molecule has 29 heavy (non-hydrogen) atoms. The first-order chi connectivity index (χ1) is 13.6. The van der Waals surface area contributed by atoms with Crippen LogP contribution < -0.4 is 10.6 Å². The van der Waals surface area contributed by atoms with E-state index in [1.165, 1.54) is 24.3 Å². The Balaban J connectivity index is 1.72. The van der Waals surface area contributed by atoms with Crippen molar-refractivity contribution >= 4 is 17.4 Å². The minimum Gasteiger partial charge on any atom is -0.308 e. The van der Waals surface area contributed by atoms with Gasteiger partial charge < -0.3 is 10.6 Å². The second kappa shape index (κ2) is 7.94. The molecule has 0 radical (unpaired) electrons. The minimum atomic E-state index is -4.50. The summed E-state index contributed by atoms with van der Waals surface area (Å²) in [6.07, 6.45) is -4.50. The Labute approximate surface area is 164 Å². The molecule has 5 nitrogen and oxygen atoms in total. The summed E-state index contributed by atoms with van der Waals surface area (Å²) >= 11 is 0. The summed E-state index contributed by atoms with van der Waals surface area (Å²) in [6, 6.07) is 9.66. The lowest BCUT2D eigenvalue weighted by Crippen LogP contribution is -2.20. The molecule has 0 saturated carbocycles. The lowest BCUT2D eigenvalue weighted by molar-refractivity contribution is -0.137. The molecule has 0 atom stereocenters. The number of benzene rings is 2. The van der Waals surface area contributed by atoms with E-state index in [0.29, 0.717) is 23.6 Å². The van der Waals surface area contributed by atoms with E-state index in [1.54, 1.807) is 30.7 Å². The highest BCUT2D eigenvalue weighted by Crippen LogP contribution is 2.30. The Kier molecular flexibility index (Phi) is 5.58. The first kappa shape index (κ1) is 20.4. The normalized spacial score (nSPS) is 11.4. The van der Waals surface area contributed by atoms with Gasteiger partial charge in [-0.2, -0.15) is 18.3 Å². The number of nitrogens with one attached hydrogen (secondary N) is 2. The van der Waals surface area contributed by atoms with Crippen LogP contribution in [0.1, 0.15) is 22.5 Å². The van der Waals surface area contributed by atoms with Crippen LogP contribution in [0.3, 0.4) is 0 Å². The Morgan fingerprint density at radius 2 is 1.76 bits per heavy atom. The van der Waals surface area contributed by atoms with Gasteiger partial charge in [0, 0.05) is 5.69 Å². The van der Waals surface area contributed by atoms with E-state index in [-0.39, 0.29) is 11.5 Å². The molecule has 0 unspecified atom stereocenters. The van der Waals surface area contributed by atoms with E-state index >= 15 is 0 Å². The van der Waals surface area contributed by atoms with Crippen LogP contribution in [0.25, 0.3) is 0 Å². The molecular weight excluding hydrogens is 388 g/mol. The maximum absolute atomic E-state index is 13.0. The summed E-state index contributed by atoms with van der Waals surface area (Å²) in [6.45, 7) is 3.83. The fourth-order valence-corrected chi connectivity index (χ4v) is 2.84. The molecule has 2 aromatic carbocycles. The third kappa shape index (κ3) is 4.92. The van der Waals surface area contributed by atoms with Gasteiger partial charge in [-0.05, 0) is 49.7 Å². The van der Waals surface area contributed by atoms with E-state index < -0.39 is 17.8 Å². The smallest absolute Gasteiger partial charge is 0.308 e. The van der Waals surface area contributed by atoms with Gasteiger partial charge in [0.05, 0.1) is 29.2 Å². The van der Waals surface area contributed by atoms with Crippen LogP contribution in [0.2, 0.25) is 0 Å². The fourth-order valence-electron chi connectivity index (χ4n) is 2.84. The van der Waals surface area contributed by atoms with Crippen LogP contribution >= 0.6 is 0 Å². The zero-order chi connectivity index (χ0) is 21.2. The number of nitrogens with zero attached hydrogens (tertiary/aromatic N) is 2. The molecule has 0 fully saturated rings. The lowest BCUT2D eigenvalue weighted by Gasteiger charge is -2.11. The molecule has 2 N–H and O–H groups in total. The summed E-state index contributed by atoms with van der Waals surface area (Å²) in [5.74, 6) is -0.337.